The van der Waals surface area contributed by atoms with E-state index < -0.39 is 17.5 Å². The second-order valence-electron chi connectivity index (χ2n) is 6.29. The van der Waals surface area contributed by atoms with Gasteiger partial charge in [-0.25, -0.2) is 13.8 Å². The van der Waals surface area contributed by atoms with Crippen LogP contribution in [0.3, 0.4) is 0 Å². The van der Waals surface area contributed by atoms with E-state index in [-0.39, 0.29) is 17.4 Å². The van der Waals surface area contributed by atoms with Gasteiger partial charge in [-0.05, 0) is 31.9 Å². The van der Waals surface area contributed by atoms with Crippen LogP contribution in [0.1, 0.15) is 33.9 Å². The summed E-state index contributed by atoms with van der Waals surface area (Å²) < 4.78 is 26.7. The highest BCUT2D eigenvalue weighted by Crippen LogP contribution is 2.21. The Morgan fingerprint density at radius 1 is 1.31 bits per heavy atom. The number of hydrogen-bond acceptors (Lipinski definition) is 4. The molecule has 0 unspecified atom stereocenters. The molecule has 26 heavy (non-hydrogen) atoms. The second kappa shape index (κ2) is 7.90. The number of halogens is 2. The maximum atomic E-state index is 13.8. The number of nitrogens with one attached hydrogen (secondary N) is 1. The highest BCUT2D eigenvalue weighted by molar-refractivity contribution is 7.09. The van der Waals surface area contributed by atoms with Crippen LogP contribution < -0.4 is 5.32 Å². The second-order valence-corrected chi connectivity index (χ2v) is 7.23. The van der Waals surface area contributed by atoms with Crippen molar-refractivity contribution >= 4 is 23.2 Å². The first kappa shape index (κ1) is 18.4. The largest absolute Gasteiger partial charge is 0.349 e. The van der Waals surface area contributed by atoms with E-state index in [1.54, 1.807) is 0 Å². The molecule has 1 aliphatic rings. The van der Waals surface area contributed by atoms with Crippen LogP contribution in [0, 0.1) is 24.5 Å². The number of thiazole rings is 1. The van der Waals surface area contributed by atoms with Gasteiger partial charge < -0.3 is 10.2 Å². The fourth-order valence-corrected chi connectivity index (χ4v) is 3.68. The number of amides is 2. The van der Waals surface area contributed by atoms with E-state index in [0.29, 0.717) is 38.5 Å². The summed E-state index contributed by atoms with van der Waals surface area (Å²) in [6.45, 7) is 3.03. The standard InChI is InChI=1S/C18H19F2N3O2S/c1-11-10-26-16(22-11)9-21-17(24)12-4-6-23(7-5-12)18(25)14-3-2-13(19)8-15(14)20/h2-3,8,10,12H,4-7,9H2,1H3,(H,21,24). The van der Waals surface area contributed by atoms with Crippen molar-refractivity contribution in [1.82, 2.24) is 15.2 Å². The van der Waals surface area contributed by atoms with Gasteiger partial charge in [-0.2, -0.15) is 0 Å². The van der Waals surface area contributed by atoms with Gasteiger partial charge >= 0.3 is 0 Å². The molecule has 0 saturated carbocycles. The number of carbonyl (C=O) groups is 2. The molecule has 0 bridgehead atoms. The van der Waals surface area contributed by atoms with Crippen LogP contribution in [-0.2, 0) is 11.3 Å². The van der Waals surface area contributed by atoms with Gasteiger partial charge in [-0.15, -0.1) is 11.3 Å². The molecule has 0 atom stereocenters. The van der Waals surface area contributed by atoms with Crippen molar-refractivity contribution < 1.29 is 18.4 Å². The Morgan fingerprint density at radius 2 is 2.04 bits per heavy atom. The van der Waals surface area contributed by atoms with E-state index in [0.717, 1.165) is 22.8 Å². The lowest BCUT2D eigenvalue weighted by atomic mass is 9.95. The summed E-state index contributed by atoms with van der Waals surface area (Å²) in [6, 6.07) is 2.92. The van der Waals surface area contributed by atoms with E-state index in [1.807, 2.05) is 12.3 Å². The average Bonchev–Trinajstić information content (AvgIpc) is 3.04. The number of aryl methyl sites for hydroxylation is 1. The van der Waals surface area contributed by atoms with Crippen molar-refractivity contribution in [1.29, 1.82) is 0 Å². The molecule has 1 fully saturated rings. The topological polar surface area (TPSA) is 62.3 Å². The zero-order valence-corrected chi connectivity index (χ0v) is 15.1. The molecule has 0 radical (unpaired) electrons. The molecule has 0 spiro atoms. The van der Waals surface area contributed by atoms with Crippen molar-refractivity contribution in [3.8, 4) is 0 Å². The summed E-state index contributed by atoms with van der Waals surface area (Å²) >= 11 is 1.50. The third kappa shape index (κ3) is 4.24. The Morgan fingerprint density at radius 3 is 2.65 bits per heavy atom. The molecular formula is C18H19F2N3O2S. The Hall–Kier alpha value is -2.35. The van der Waals surface area contributed by atoms with Crippen molar-refractivity contribution in [2.45, 2.75) is 26.3 Å². The normalized spacial score (nSPS) is 15.1. The van der Waals surface area contributed by atoms with Crippen molar-refractivity contribution in [2.24, 2.45) is 5.92 Å². The molecule has 1 aromatic carbocycles. The number of benzene rings is 1. The van der Waals surface area contributed by atoms with Gasteiger partial charge in [0.15, 0.2) is 0 Å². The monoisotopic (exact) mass is 379 g/mol. The Balaban J connectivity index is 1.51. The predicted octanol–water partition coefficient (Wildman–Crippen LogP) is 2.90. The fraction of sp³-hybridized carbons (Fsp3) is 0.389. The quantitative estimate of drug-likeness (QED) is 0.889. The summed E-state index contributed by atoms with van der Waals surface area (Å²) in [7, 11) is 0. The molecular weight excluding hydrogens is 360 g/mol. The molecule has 1 aliphatic heterocycles. The molecule has 3 rings (SSSR count). The third-order valence-corrected chi connectivity index (χ3v) is 5.36. The average molecular weight is 379 g/mol. The fourth-order valence-electron chi connectivity index (χ4n) is 2.97. The lowest BCUT2D eigenvalue weighted by molar-refractivity contribution is -0.126. The number of likely N-dealkylation sites (tertiary alicyclic amines) is 1. The highest BCUT2D eigenvalue weighted by Gasteiger charge is 2.28. The molecule has 1 saturated heterocycles. The zero-order valence-electron chi connectivity index (χ0n) is 14.3. The first-order chi connectivity index (χ1) is 12.4. The van der Waals surface area contributed by atoms with Crippen LogP contribution in [0.2, 0.25) is 0 Å². The Labute approximate surface area is 154 Å². The van der Waals surface area contributed by atoms with Gasteiger partial charge in [0.25, 0.3) is 5.91 Å². The SMILES string of the molecule is Cc1csc(CNC(=O)C2CCN(C(=O)c3ccc(F)cc3F)CC2)n1. The van der Waals surface area contributed by atoms with Crippen molar-refractivity contribution in [3.63, 3.8) is 0 Å². The molecule has 0 aliphatic carbocycles. The lowest BCUT2D eigenvalue weighted by Crippen LogP contribution is -2.43. The zero-order chi connectivity index (χ0) is 18.7. The van der Waals surface area contributed by atoms with Gasteiger partial charge in [-0.3, -0.25) is 9.59 Å². The number of rotatable bonds is 4. The first-order valence-corrected chi connectivity index (χ1v) is 9.25. The number of aromatic nitrogens is 1. The third-order valence-electron chi connectivity index (χ3n) is 4.39. The van der Waals surface area contributed by atoms with Crippen LogP contribution in [-0.4, -0.2) is 34.8 Å². The van der Waals surface area contributed by atoms with E-state index in [9.17, 15) is 18.4 Å². The van der Waals surface area contributed by atoms with Crippen LogP contribution >= 0.6 is 11.3 Å². The molecule has 2 aromatic rings. The number of hydrogen-bond donors (Lipinski definition) is 1. The maximum Gasteiger partial charge on any atom is 0.256 e. The minimum absolute atomic E-state index is 0.0575. The highest BCUT2D eigenvalue weighted by atomic mass is 32.1. The number of carbonyl (C=O) groups excluding carboxylic acids is 2. The van der Waals surface area contributed by atoms with Crippen LogP contribution in [0.4, 0.5) is 8.78 Å². The van der Waals surface area contributed by atoms with Gasteiger partial charge in [0.2, 0.25) is 5.91 Å². The molecule has 2 amide bonds. The molecule has 2 heterocycles. The predicted molar refractivity (Wildman–Crippen MR) is 93.7 cm³/mol. The summed E-state index contributed by atoms with van der Waals surface area (Å²) in [4.78, 5) is 30.5. The number of nitrogens with zero attached hydrogens (tertiary/aromatic N) is 2. The van der Waals surface area contributed by atoms with Gasteiger partial charge in [0.05, 0.1) is 12.1 Å². The molecule has 5 nitrogen and oxygen atoms in total. The van der Waals surface area contributed by atoms with E-state index >= 15 is 0 Å². The van der Waals surface area contributed by atoms with Crippen LogP contribution in [0.5, 0.6) is 0 Å². The maximum absolute atomic E-state index is 13.8. The summed E-state index contributed by atoms with van der Waals surface area (Å²) in [6.07, 6.45) is 1.02. The van der Waals surface area contributed by atoms with Gasteiger partial charge in [0.1, 0.15) is 16.6 Å². The van der Waals surface area contributed by atoms with Crippen LogP contribution in [0.25, 0.3) is 0 Å². The molecule has 1 N–H and O–H groups in total. The molecule has 138 valence electrons. The molecule has 8 heteroatoms. The van der Waals surface area contributed by atoms with E-state index in [4.69, 9.17) is 0 Å². The number of piperidine rings is 1. The van der Waals surface area contributed by atoms with Gasteiger partial charge in [-0.1, -0.05) is 0 Å². The summed E-state index contributed by atoms with van der Waals surface area (Å²) in [5.74, 6) is -2.30. The van der Waals surface area contributed by atoms with Crippen molar-refractivity contribution in [3.05, 3.63) is 51.5 Å². The minimum atomic E-state index is -0.867. The first-order valence-electron chi connectivity index (χ1n) is 8.37. The molecule has 1 aromatic heterocycles. The van der Waals surface area contributed by atoms with E-state index in [1.165, 1.54) is 16.2 Å². The Kier molecular flexibility index (Phi) is 5.61. The summed E-state index contributed by atoms with van der Waals surface area (Å²) in [5.41, 5.74) is 0.785. The minimum Gasteiger partial charge on any atom is -0.349 e. The van der Waals surface area contributed by atoms with E-state index in [2.05, 4.69) is 10.3 Å². The van der Waals surface area contributed by atoms with Crippen LogP contribution in [0.15, 0.2) is 23.6 Å². The lowest BCUT2D eigenvalue weighted by Gasteiger charge is -2.31. The van der Waals surface area contributed by atoms with Crippen molar-refractivity contribution in [2.75, 3.05) is 13.1 Å². The van der Waals surface area contributed by atoms with Gasteiger partial charge in [0, 0.05) is 36.1 Å². The smallest absolute Gasteiger partial charge is 0.256 e. The Bertz CT molecular complexity index is 817. The summed E-state index contributed by atoms with van der Waals surface area (Å²) in [5, 5.41) is 5.66.